The van der Waals surface area contributed by atoms with Gasteiger partial charge in [-0.05, 0) is 37.1 Å². The molecule has 0 atom stereocenters. The standard InChI is InChI=1S/C16H22N2O2/c1-11(19)18(14-9-10-14)13-7-5-12(6-8-13)17-15(20)16(2,3)4/h5-8,14H,9-10H2,1-4H3,(H,17,20). The van der Waals surface area contributed by atoms with Crippen LogP contribution in [0.2, 0.25) is 0 Å². The van der Waals surface area contributed by atoms with Gasteiger partial charge in [0, 0.05) is 29.8 Å². The van der Waals surface area contributed by atoms with Crippen molar-refractivity contribution in [1.82, 2.24) is 0 Å². The third-order valence-electron chi connectivity index (χ3n) is 3.34. The van der Waals surface area contributed by atoms with Crippen molar-refractivity contribution in [3.8, 4) is 0 Å². The third kappa shape index (κ3) is 3.38. The molecule has 1 aliphatic carbocycles. The molecule has 2 amide bonds. The minimum absolute atomic E-state index is 0.0177. The van der Waals surface area contributed by atoms with Crippen LogP contribution in [0.5, 0.6) is 0 Å². The average molecular weight is 274 g/mol. The number of benzene rings is 1. The van der Waals surface area contributed by atoms with Crippen LogP contribution >= 0.6 is 0 Å². The highest BCUT2D eigenvalue weighted by Crippen LogP contribution is 2.32. The zero-order valence-electron chi connectivity index (χ0n) is 12.6. The van der Waals surface area contributed by atoms with Crippen molar-refractivity contribution in [2.24, 2.45) is 5.41 Å². The molecule has 0 radical (unpaired) electrons. The van der Waals surface area contributed by atoms with Crippen LogP contribution in [0.15, 0.2) is 24.3 Å². The molecule has 108 valence electrons. The van der Waals surface area contributed by atoms with Crippen molar-refractivity contribution in [1.29, 1.82) is 0 Å². The Balaban J connectivity index is 2.10. The normalized spacial score (nSPS) is 14.8. The fourth-order valence-electron chi connectivity index (χ4n) is 2.01. The molecule has 1 saturated carbocycles. The fraction of sp³-hybridized carbons (Fsp3) is 0.500. The Morgan fingerprint density at radius 3 is 2.10 bits per heavy atom. The lowest BCUT2D eigenvalue weighted by Crippen LogP contribution is -2.30. The number of amides is 2. The van der Waals surface area contributed by atoms with Crippen molar-refractivity contribution < 1.29 is 9.59 Å². The Morgan fingerprint density at radius 2 is 1.70 bits per heavy atom. The maximum atomic E-state index is 11.9. The molecule has 1 fully saturated rings. The molecular formula is C16H22N2O2. The smallest absolute Gasteiger partial charge is 0.229 e. The van der Waals surface area contributed by atoms with Crippen LogP contribution < -0.4 is 10.2 Å². The molecule has 0 spiro atoms. The summed E-state index contributed by atoms with van der Waals surface area (Å²) in [6.07, 6.45) is 2.14. The zero-order chi connectivity index (χ0) is 14.9. The summed E-state index contributed by atoms with van der Waals surface area (Å²) in [5, 5.41) is 2.88. The van der Waals surface area contributed by atoms with Crippen LogP contribution in [0.3, 0.4) is 0 Å². The Bertz CT molecular complexity index is 510. The van der Waals surface area contributed by atoms with Crippen LogP contribution in [0.4, 0.5) is 11.4 Å². The number of nitrogens with zero attached hydrogens (tertiary/aromatic N) is 1. The van der Waals surface area contributed by atoms with Crippen molar-refractivity contribution in [3.63, 3.8) is 0 Å². The van der Waals surface area contributed by atoms with E-state index in [0.717, 1.165) is 24.2 Å². The molecule has 0 aromatic heterocycles. The summed E-state index contributed by atoms with van der Waals surface area (Å²) in [5.41, 5.74) is 1.24. The Morgan fingerprint density at radius 1 is 1.15 bits per heavy atom. The predicted molar refractivity (Wildman–Crippen MR) is 80.7 cm³/mol. The second-order valence-corrected chi connectivity index (χ2v) is 6.37. The van der Waals surface area contributed by atoms with Gasteiger partial charge < -0.3 is 10.2 Å². The van der Waals surface area contributed by atoms with Crippen LogP contribution in [-0.4, -0.2) is 17.9 Å². The second-order valence-electron chi connectivity index (χ2n) is 6.37. The molecule has 2 rings (SSSR count). The van der Waals surface area contributed by atoms with Crippen molar-refractivity contribution in [3.05, 3.63) is 24.3 Å². The molecule has 4 heteroatoms. The lowest BCUT2D eigenvalue weighted by atomic mass is 9.95. The van der Waals surface area contributed by atoms with Gasteiger partial charge in [-0.3, -0.25) is 9.59 Å². The molecule has 0 aliphatic heterocycles. The largest absolute Gasteiger partial charge is 0.326 e. The van der Waals surface area contributed by atoms with Gasteiger partial charge >= 0.3 is 0 Å². The molecule has 0 bridgehead atoms. The van der Waals surface area contributed by atoms with E-state index in [1.165, 1.54) is 0 Å². The molecule has 4 nitrogen and oxygen atoms in total. The monoisotopic (exact) mass is 274 g/mol. The van der Waals surface area contributed by atoms with Gasteiger partial charge in [0.1, 0.15) is 0 Å². The van der Waals surface area contributed by atoms with Gasteiger partial charge in [0.05, 0.1) is 0 Å². The summed E-state index contributed by atoms with van der Waals surface area (Å²) in [7, 11) is 0. The van der Waals surface area contributed by atoms with E-state index in [1.54, 1.807) is 6.92 Å². The van der Waals surface area contributed by atoms with Crippen LogP contribution in [-0.2, 0) is 9.59 Å². The molecule has 0 unspecified atom stereocenters. The van der Waals surface area contributed by atoms with Crippen LogP contribution in [0.25, 0.3) is 0 Å². The van der Waals surface area contributed by atoms with Gasteiger partial charge in [-0.15, -0.1) is 0 Å². The van der Waals surface area contributed by atoms with Crippen LogP contribution in [0, 0.1) is 5.41 Å². The highest BCUT2D eigenvalue weighted by Gasteiger charge is 2.31. The number of hydrogen-bond donors (Lipinski definition) is 1. The number of rotatable bonds is 3. The molecule has 1 aromatic rings. The molecule has 1 aromatic carbocycles. The number of anilines is 2. The summed E-state index contributed by atoms with van der Waals surface area (Å²) in [5.74, 6) is 0.0508. The zero-order valence-corrected chi connectivity index (χ0v) is 12.6. The fourth-order valence-corrected chi connectivity index (χ4v) is 2.01. The summed E-state index contributed by atoms with van der Waals surface area (Å²) in [4.78, 5) is 25.4. The van der Waals surface area contributed by atoms with Gasteiger partial charge in [0.25, 0.3) is 0 Å². The quantitative estimate of drug-likeness (QED) is 0.920. The predicted octanol–water partition coefficient (Wildman–Crippen LogP) is 3.19. The maximum Gasteiger partial charge on any atom is 0.229 e. The summed E-state index contributed by atoms with van der Waals surface area (Å²) < 4.78 is 0. The Labute approximate surface area is 120 Å². The van der Waals surface area contributed by atoms with Gasteiger partial charge in [0.2, 0.25) is 11.8 Å². The van der Waals surface area contributed by atoms with Crippen molar-refractivity contribution in [2.75, 3.05) is 10.2 Å². The Kier molecular flexibility index (Phi) is 3.84. The van der Waals surface area contributed by atoms with Crippen molar-refractivity contribution in [2.45, 2.75) is 46.6 Å². The number of hydrogen-bond acceptors (Lipinski definition) is 2. The number of carbonyl (C=O) groups excluding carboxylic acids is 2. The third-order valence-corrected chi connectivity index (χ3v) is 3.34. The molecular weight excluding hydrogens is 252 g/mol. The minimum Gasteiger partial charge on any atom is -0.326 e. The van der Waals surface area contributed by atoms with E-state index in [1.807, 2.05) is 49.9 Å². The molecule has 1 N–H and O–H groups in total. The average Bonchev–Trinajstić information content (AvgIpc) is 3.14. The molecule has 0 heterocycles. The lowest BCUT2D eigenvalue weighted by molar-refractivity contribution is -0.123. The van der Waals surface area contributed by atoms with E-state index < -0.39 is 5.41 Å². The molecule has 20 heavy (non-hydrogen) atoms. The van der Waals surface area contributed by atoms with Crippen LogP contribution in [0.1, 0.15) is 40.5 Å². The second kappa shape index (κ2) is 5.27. The minimum atomic E-state index is -0.419. The highest BCUT2D eigenvalue weighted by molar-refractivity contribution is 5.95. The van der Waals surface area contributed by atoms with Gasteiger partial charge in [0.15, 0.2) is 0 Å². The highest BCUT2D eigenvalue weighted by atomic mass is 16.2. The number of nitrogens with one attached hydrogen (secondary N) is 1. The van der Waals surface area contributed by atoms with Gasteiger partial charge in [-0.2, -0.15) is 0 Å². The summed E-state index contributed by atoms with van der Waals surface area (Å²) >= 11 is 0. The first kappa shape index (κ1) is 14.6. The summed E-state index contributed by atoms with van der Waals surface area (Å²) in [6.45, 7) is 7.22. The first-order valence-corrected chi connectivity index (χ1v) is 7.00. The Hall–Kier alpha value is -1.84. The van der Waals surface area contributed by atoms with E-state index in [0.29, 0.717) is 6.04 Å². The lowest BCUT2D eigenvalue weighted by Gasteiger charge is -2.22. The van der Waals surface area contributed by atoms with E-state index in [2.05, 4.69) is 5.32 Å². The maximum absolute atomic E-state index is 11.9. The van der Waals surface area contributed by atoms with Gasteiger partial charge in [-0.1, -0.05) is 20.8 Å². The molecule has 1 aliphatic rings. The van der Waals surface area contributed by atoms with E-state index >= 15 is 0 Å². The van der Waals surface area contributed by atoms with Gasteiger partial charge in [-0.25, -0.2) is 0 Å². The van der Waals surface area contributed by atoms with E-state index in [9.17, 15) is 9.59 Å². The summed E-state index contributed by atoms with van der Waals surface area (Å²) in [6, 6.07) is 7.81. The first-order valence-electron chi connectivity index (χ1n) is 7.00. The topological polar surface area (TPSA) is 49.4 Å². The first-order chi connectivity index (χ1) is 9.29. The van der Waals surface area contributed by atoms with E-state index in [4.69, 9.17) is 0 Å². The molecule has 0 saturated heterocycles. The van der Waals surface area contributed by atoms with Crippen molar-refractivity contribution >= 4 is 23.2 Å². The SMILES string of the molecule is CC(=O)N(c1ccc(NC(=O)C(C)(C)C)cc1)C1CC1. The van der Waals surface area contributed by atoms with E-state index in [-0.39, 0.29) is 11.8 Å². The number of carbonyl (C=O) groups is 2.